The molecule has 1 unspecified atom stereocenters. The Morgan fingerprint density at radius 2 is 1.71 bits per heavy atom. The van der Waals surface area contributed by atoms with Crippen LogP contribution in [-0.2, 0) is 14.3 Å². The van der Waals surface area contributed by atoms with Crippen LogP contribution in [0.3, 0.4) is 0 Å². The maximum Gasteiger partial charge on any atom is 0.337 e. The normalized spacial score (nSPS) is 15.8. The van der Waals surface area contributed by atoms with Crippen LogP contribution in [0.2, 0.25) is 0 Å². The van der Waals surface area contributed by atoms with Crippen LogP contribution in [0.1, 0.15) is 47.9 Å². The molecule has 2 heterocycles. The molecule has 0 radical (unpaired) electrons. The van der Waals surface area contributed by atoms with Gasteiger partial charge in [0.15, 0.2) is 0 Å². The first-order valence-electron chi connectivity index (χ1n) is 11.1. The number of esters is 1. The van der Waals surface area contributed by atoms with Crippen LogP contribution < -0.4 is 10.2 Å². The maximum atomic E-state index is 13.1. The van der Waals surface area contributed by atoms with Crippen LogP contribution in [0, 0.1) is 0 Å². The number of barbiturate groups is 1. The van der Waals surface area contributed by atoms with Crippen molar-refractivity contribution in [2.24, 2.45) is 0 Å². The van der Waals surface area contributed by atoms with Crippen LogP contribution in [0.4, 0.5) is 10.5 Å². The van der Waals surface area contributed by atoms with Gasteiger partial charge in [0, 0.05) is 5.56 Å². The van der Waals surface area contributed by atoms with Gasteiger partial charge in [-0.3, -0.25) is 14.9 Å². The Morgan fingerprint density at radius 3 is 2.34 bits per heavy atom. The highest BCUT2D eigenvalue weighted by atomic mass is 16.5. The molecule has 4 amide bonds. The number of furan rings is 1. The third kappa shape index (κ3) is 4.77. The quantitative estimate of drug-likeness (QED) is 0.310. The molecule has 178 valence electrons. The predicted octanol–water partition coefficient (Wildman–Crippen LogP) is 4.91. The van der Waals surface area contributed by atoms with Gasteiger partial charge in [-0.15, -0.1) is 0 Å². The number of anilines is 1. The van der Waals surface area contributed by atoms with Gasteiger partial charge in [-0.25, -0.2) is 14.5 Å². The Kier molecular flexibility index (Phi) is 6.64. The molecule has 1 atom stereocenters. The van der Waals surface area contributed by atoms with Gasteiger partial charge in [-0.2, -0.15) is 0 Å². The second-order valence-electron chi connectivity index (χ2n) is 8.13. The SMILES string of the molecule is CCC(C)c1ccc(N2C(=O)NC(=O)C(=Cc3ccc(-c4ccc(C(=O)OC)cc4)o3)C2=O)cc1. The van der Waals surface area contributed by atoms with Gasteiger partial charge >= 0.3 is 12.0 Å². The topological polar surface area (TPSA) is 106 Å². The van der Waals surface area contributed by atoms with E-state index >= 15 is 0 Å². The van der Waals surface area contributed by atoms with E-state index in [-0.39, 0.29) is 11.3 Å². The maximum absolute atomic E-state index is 13.1. The molecule has 0 bridgehead atoms. The number of hydrogen-bond acceptors (Lipinski definition) is 6. The van der Waals surface area contributed by atoms with Gasteiger partial charge in [0.05, 0.1) is 18.4 Å². The van der Waals surface area contributed by atoms with Crippen molar-refractivity contribution in [1.82, 2.24) is 5.32 Å². The molecule has 1 aromatic heterocycles. The molecule has 1 saturated heterocycles. The van der Waals surface area contributed by atoms with Crippen molar-refractivity contribution in [3.8, 4) is 11.3 Å². The number of benzene rings is 2. The number of ether oxygens (including phenoxy) is 1. The zero-order valence-corrected chi connectivity index (χ0v) is 19.5. The number of nitrogens with one attached hydrogen (secondary N) is 1. The number of nitrogens with zero attached hydrogens (tertiary/aromatic N) is 1. The first kappa shape index (κ1) is 23.7. The van der Waals surface area contributed by atoms with Gasteiger partial charge in [-0.05, 0) is 60.4 Å². The second kappa shape index (κ2) is 9.80. The van der Waals surface area contributed by atoms with Crippen LogP contribution in [0.5, 0.6) is 0 Å². The van der Waals surface area contributed by atoms with Gasteiger partial charge in [0.1, 0.15) is 17.1 Å². The Bertz CT molecular complexity index is 1320. The zero-order valence-electron chi connectivity index (χ0n) is 19.5. The lowest BCUT2D eigenvalue weighted by Gasteiger charge is -2.26. The largest absolute Gasteiger partial charge is 0.465 e. The molecule has 2 aromatic carbocycles. The van der Waals surface area contributed by atoms with Crippen molar-refractivity contribution in [1.29, 1.82) is 0 Å². The van der Waals surface area contributed by atoms with Crippen LogP contribution in [-0.4, -0.2) is 30.9 Å². The minimum Gasteiger partial charge on any atom is -0.465 e. The molecular formula is C27H24N2O6. The number of amides is 4. The number of methoxy groups -OCH3 is 1. The third-order valence-corrected chi connectivity index (χ3v) is 5.94. The Labute approximate surface area is 202 Å². The summed E-state index contributed by atoms with van der Waals surface area (Å²) in [6.07, 6.45) is 2.27. The van der Waals surface area contributed by atoms with Crippen molar-refractivity contribution < 1.29 is 28.3 Å². The number of hydrogen-bond donors (Lipinski definition) is 1. The smallest absolute Gasteiger partial charge is 0.337 e. The lowest BCUT2D eigenvalue weighted by atomic mass is 9.98. The van der Waals surface area contributed by atoms with Gasteiger partial charge in [-0.1, -0.05) is 38.1 Å². The molecule has 8 heteroatoms. The van der Waals surface area contributed by atoms with Crippen molar-refractivity contribution >= 4 is 35.6 Å². The molecule has 4 rings (SSSR count). The highest BCUT2D eigenvalue weighted by molar-refractivity contribution is 6.39. The van der Waals surface area contributed by atoms with E-state index in [4.69, 9.17) is 9.15 Å². The minimum absolute atomic E-state index is 0.224. The van der Waals surface area contributed by atoms with Crippen LogP contribution in [0.25, 0.3) is 17.4 Å². The summed E-state index contributed by atoms with van der Waals surface area (Å²) in [7, 11) is 1.31. The van der Waals surface area contributed by atoms with E-state index in [9.17, 15) is 19.2 Å². The molecule has 1 N–H and O–H groups in total. The fourth-order valence-corrected chi connectivity index (χ4v) is 3.70. The van der Waals surface area contributed by atoms with E-state index in [2.05, 4.69) is 19.2 Å². The average molecular weight is 472 g/mol. The zero-order chi connectivity index (χ0) is 25.1. The number of carbonyl (C=O) groups excluding carboxylic acids is 4. The predicted molar refractivity (Wildman–Crippen MR) is 130 cm³/mol. The first-order valence-corrected chi connectivity index (χ1v) is 11.1. The molecule has 1 aliphatic heterocycles. The molecule has 35 heavy (non-hydrogen) atoms. The molecule has 3 aromatic rings. The molecule has 0 spiro atoms. The lowest BCUT2D eigenvalue weighted by molar-refractivity contribution is -0.122. The van der Waals surface area contributed by atoms with Crippen LogP contribution >= 0.6 is 0 Å². The van der Waals surface area contributed by atoms with E-state index in [1.54, 1.807) is 48.5 Å². The summed E-state index contributed by atoms with van der Waals surface area (Å²) < 4.78 is 10.5. The van der Waals surface area contributed by atoms with Crippen molar-refractivity contribution in [3.63, 3.8) is 0 Å². The molecular weight excluding hydrogens is 448 g/mol. The van der Waals surface area contributed by atoms with Crippen molar-refractivity contribution in [2.45, 2.75) is 26.2 Å². The molecule has 8 nitrogen and oxygen atoms in total. The Morgan fingerprint density at radius 1 is 1.03 bits per heavy atom. The van der Waals surface area contributed by atoms with Crippen molar-refractivity contribution in [3.05, 3.63) is 83.1 Å². The van der Waals surface area contributed by atoms with Crippen LogP contribution in [0.15, 0.2) is 70.7 Å². The summed E-state index contributed by atoms with van der Waals surface area (Å²) in [5, 5.41) is 2.21. The van der Waals surface area contributed by atoms with Gasteiger partial charge < -0.3 is 9.15 Å². The second-order valence-corrected chi connectivity index (χ2v) is 8.13. The van der Waals surface area contributed by atoms with Gasteiger partial charge in [0.25, 0.3) is 11.8 Å². The fourth-order valence-electron chi connectivity index (χ4n) is 3.70. The summed E-state index contributed by atoms with van der Waals surface area (Å²) in [4.78, 5) is 50.6. The van der Waals surface area contributed by atoms with E-state index in [1.807, 2.05) is 12.1 Å². The number of rotatable bonds is 6. The van der Waals surface area contributed by atoms with E-state index in [0.717, 1.165) is 16.9 Å². The monoisotopic (exact) mass is 472 g/mol. The van der Waals surface area contributed by atoms with Gasteiger partial charge in [0.2, 0.25) is 0 Å². The van der Waals surface area contributed by atoms with Crippen molar-refractivity contribution in [2.75, 3.05) is 12.0 Å². The standard InChI is InChI=1S/C27H24N2O6/c1-4-16(2)17-9-11-20(12-10-17)29-25(31)22(24(30)28-27(29)33)15-21-13-14-23(35-21)18-5-7-19(8-6-18)26(32)34-3/h5-16H,4H2,1-3H3,(H,28,30,33). The Hall–Kier alpha value is -4.46. The molecule has 1 aliphatic rings. The molecule has 1 fully saturated rings. The summed E-state index contributed by atoms with van der Waals surface area (Å²) in [6, 6.07) is 16.2. The van der Waals surface area contributed by atoms with E-state index < -0.39 is 23.8 Å². The first-order chi connectivity index (χ1) is 16.8. The highest BCUT2D eigenvalue weighted by Gasteiger charge is 2.37. The summed E-state index contributed by atoms with van der Waals surface area (Å²) in [6.45, 7) is 4.18. The third-order valence-electron chi connectivity index (χ3n) is 5.94. The summed E-state index contributed by atoms with van der Waals surface area (Å²) in [5.74, 6) is -0.903. The average Bonchev–Trinajstić information content (AvgIpc) is 3.34. The van der Waals surface area contributed by atoms with E-state index in [0.29, 0.717) is 28.5 Å². The highest BCUT2D eigenvalue weighted by Crippen LogP contribution is 2.27. The molecule has 0 saturated carbocycles. The fraction of sp³-hybridized carbons (Fsp3) is 0.185. The lowest BCUT2D eigenvalue weighted by Crippen LogP contribution is -2.54. The molecule has 0 aliphatic carbocycles. The summed E-state index contributed by atoms with van der Waals surface area (Å²) >= 11 is 0. The minimum atomic E-state index is -0.806. The number of urea groups is 1. The Balaban J connectivity index is 1.59. The van der Waals surface area contributed by atoms with E-state index in [1.165, 1.54) is 13.2 Å². The number of carbonyl (C=O) groups is 4. The summed E-state index contributed by atoms with van der Waals surface area (Å²) in [5.41, 5.74) is 2.33. The number of imide groups is 2.